The summed E-state index contributed by atoms with van der Waals surface area (Å²) in [6, 6.07) is 0. The minimum absolute atomic E-state index is 0.0836. The molecule has 116 valence electrons. The van der Waals surface area contributed by atoms with Crippen LogP contribution in [0.1, 0.15) is 34.1 Å². The predicted molar refractivity (Wildman–Crippen MR) is 81.6 cm³/mol. The lowest BCUT2D eigenvalue weighted by Gasteiger charge is -2.44. The van der Waals surface area contributed by atoms with Gasteiger partial charge in [-0.25, -0.2) is 0 Å². The van der Waals surface area contributed by atoms with Gasteiger partial charge in [-0.3, -0.25) is 0 Å². The average molecular weight is 290 g/mol. The van der Waals surface area contributed by atoms with E-state index in [2.05, 4.69) is 32.1 Å². The highest BCUT2D eigenvalue weighted by Crippen LogP contribution is 2.70. The summed E-state index contributed by atoms with van der Waals surface area (Å²) >= 11 is 0. The molecule has 0 aromatic heterocycles. The van der Waals surface area contributed by atoms with Gasteiger partial charge < -0.3 is 15.3 Å². The highest BCUT2D eigenvalue weighted by atomic mass is 16.3. The first-order valence-corrected chi connectivity index (χ1v) is 7.64. The molecule has 0 unspecified atom stereocenters. The Morgan fingerprint density at radius 3 is 2.52 bits per heavy atom. The van der Waals surface area contributed by atoms with Gasteiger partial charge in [0.15, 0.2) is 0 Å². The lowest BCUT2D eigenvalue weighted by atomic mass is 9.65. The molecule has 7 atom stereocenters. The van der Waals surface area contributed by atoms with E-state index in [1.807, 2.05) is 20.0 Å². The Kier molecular flexibility index (Phi) is 4.02. The van der Waals surface area contributed by atoms with Crippen molar-refractivity contribution >= 4 is 0 Å². The molecule has 2 saturated carbocycles. The van der Waals surface area contributed by atoms with E-state index < -0.39 is 11.7 Å². The molecule has 2 fully saturated rings. The van der Waals surface area contributed by atoms with Crippen LogP contribution in [0.15, 0.2) is 18.4 Å². The molecule has 2 rings (SSSR count). The largest absolute Gasteiger partial charge is 0.462 e. The second-order valence-electron chi connectivity index (χ2n) is 7.40. The van der Waals surface area contributed by atoms with Crippen LogP contribution in [0, 0.1) is 47.0 Å². The van der Waals surface area contributed by atoms with Crippen LogP contribution in [0.25, 0.3) is 0 Å². The summed E-state index contributed by atoms with van der Waals surface area (Å²) in [4.78, 5) is 0. The van der Waals surface area contributed by atoms with Gasteiger partial charge in [-0.2, -0.15) is 0 Å². The van der Waals surface area contributed by atoms with Gasteiger partial charge in [0.25, 0.3) is 0 Å². The molecule has 2 aliphatic rings. The molecule has 0 aliphatic heterocycles. The van der Waals surface area contributed by atoms with E-state index in [9.17, 15) is 10.2 Å². The Hall–Kier alpha value is -1.20. The second kappa shape index (κ2) is 5.21. The van der Waals surface area contributed by atoms with Crippen molar-refractivity contribution in [2.75, 3.05) is 0 Å². The zero-order chi connectivity index (χ0) is 16.0. The number of aliphatic hydroxyl groups excluding tert-OH is 2. The first-order chi connectivity index (χ1) is 9.71. The van der Waals surface area contributed by atoms with Crippen LogP contribution in [0.3, 0.4) is 0 Å². The molecule has 0 radical (unpaired) electrons. The van der Waals surface area contributed by atoms with E-state index in [0.29, 0.717) is 5.92 Å². The minimum atomic E-state index is -1.35. The first-order valence-electron chi connectivity index (χ1n) is 7.64. The topological polar surface area (TPSA) is 60.7 Å². The number of aliphatic hydroxyl groups is 3. The SMILES string of the molecule is C=C=C[C@@H](C)[C@@H](O)[C@H]1[C@@H]2[C@@H](C[C@@H](C)[C@]1(O)C#CO)C2(C)C. The van der Waals surface area contributed by atoms with Crippen molar-refractivity contribution in [2.45, 2.75) is 45.8 Å². The van der Waals surface area contributed by atoms with Crippen LogP contribution in [-0.4, -0.2) is 27.0 Å². The summed E-state index contributed by atoms with van der Waals surface area (Å²) in [5.74, 6) is 2.67. The zero-order valence-electron chi connectivity index (χ0n) is 13.3. The number of fused-ring (bicyclic) bond motifs is 1. The molecule has 0 aromatic rings. The number of hydrogen-bond donors (Lipinski definition) is 3. The van der Waals surface area contributed by atoms with E-state index in [4.69, 9.17) is 5.11 Å². The van der Waals surface area contributed by atoms with E-state index in [1.54, 1.807) is 6.08 Å². The highest BCUT2D eigenvalue weighted by molar-refractivity contribution is 5.27. The van der Waals surface area contributed by atoms with Crippen molar-refractivity contribution in [3.05, 3.63) is 18.4 Å². The maximum atomic E-state index is 11.1. The molecule has 0 spiro atoms. The number of hydrogen-bond acceptors (Lipinski definition) is 3. The van der Waals surface area contributed by atoms with Gasteiger partial charge in [-0.15, -0.1) is 5.73 Å². The Labute approximate surface area is 127 Å². The van der Waals surface area contributed by atoms with Gasteiger partial charge >= 0.3 is 0 Å². The van der Waals surface area contributed by atoms with Crippen molar-refractivity contribution in [2.24, 2.45) is 35.0 Å². The van der Waals surface area contributed by atoms with Crippen molar-refractivity contribution in [1.29, 1.82) is 0 Å². The van der Waals surface area contributed by atoms with E-state index >= 15 is 0 Å². The molecule has 0 aromatic carbocycles. The van der Waals surface area contributed by atoms with Gasteiger partial charge in [0.2, 0.25) is 0 Å². The molecular weight excluding hydrogens is 264 g/mol. The Bertz CT molecular complexity index is 520. The second-order valence-corrected chi connectivity index (χ2v) is 7.40. The first kappa shape index (κ1) is 16.2. The van der Waals surface area contributed by atoms with Crippen LogP contribution in [0.4, 0.5) is 0 Å². The van der Waals surface area contributed by atoms with E-state index in [-0.39, 0.29) is 29.1 Å². The molecule has 3 heteroatoms. The third-order valence-electron chi connectivity index (χ3n) is 5.94. The molecular formula is C18H26O3. The maximum Gasteiger partial charge on any atom is 0.137 e. The van der Waals surface area contributed by atoms with Crippen molar-refractivity contribution in [3.63, 3.8) is 0 Å². The summed E-state index contributed by atoms with van der Waals surface area (Å²) in [5, 5.41) is 30.9. The van der Waals surface area contributed by atoms with Gasteiger partial charge in [-0.05, 0) is 41.6 Å². The molecule has 0 bridgehead atoms. The standard InChI is InChI=1S/C18H26O3/c1-6-7-11(2)16(20)15-14-13(17(14,4)5)10-12(3)18(15,21)8-9-19/h7,11-16,19-21H,1,10H2,2-5H3/t11-,12-,13-,14+,15-,16-,18-/m1/s1. The molecule has 21 heavy (non-hydrogen) atoms. The van der Waals surface area contributed by atoms with E-state index in [0.717, 1.165) is 6.42 Å². The van der Waals surface area contributed by atoms with Gasteiger partial charge in [0.05, 0.1) is 6.10 Å². The highest BCUT2D eigenvalue weighted by Gasteiger charge is 2.70. The number of rotatable bonds is 3. The summed E-state index contributed by atoms with van der Waals surface area (Å²) in [6.07, 6.45) is 3.74. The van der Waals surface area contributed by atoms with Gasteiger partial charge in [0, 0.05) is 11.8 Å². The van der Waals surface area contributed by atoms with Crippen LogP contribution in [0.2, 0.25) is 0 Å². The summed E-state index contributed by atoms with van der Waals surface area (Å²) < 4.78 is 0. The van der Waals surface area contributed by atoms with Gasteiger partial charge in [0.1, 0.15) is 11.7 Å². The normalized spacial score (nSPS) is 42.6. The molecule has 0 heterocycles. The lowest BCUT2D eigenvalue weighted by molar-refractivity contribution is -0.104. The van der Waals surface area contributed by atoms with Gasteiger partial charge in [-0.1, -0.05) is 34.3 Å². The summed E-state index contributed by atoms with van der Waals surface area (Å²) in [6.45, 7) is 11.7. The van der Waals surface area contributed by atoms with Crippen LogP contribution in [-0.2, 0) is 0 Å². The minimum Gasteiger partial charge on any atom is -0.462 e. The Morgan fingerprint density at radius 2 is 2.00 bits per heavy atom. The summed E-state index contributed by atoms with van der Waals surface area (Å²) in [5.41, 5.74) is 1.45. The van der Waals surface area contributed by atoms with Crippen molar-refractivity contribution in [1.82, 2.24) is 0 Å². The Morgan fingerprint density at radius 1 is 1.38 bits per heavy atom. The average Bonchev–Trinajstić information content (AvgIpc) is 2.92. The monoisotopic (exact) mass is 290 g/mol. The predicted octanol–water partition coefficient (Wildman–Crippen LogP) is 2.32. The lowest BCUT2D eigenvalue weighted by Crippen LogP contribution is -2.53. The van der Waals surface area contributed by atoms with E-state index in [1.165, 1.54) is 0 Å². The maximum absolute atomic E-state index is 11.1. The fourth-order valence-electron chi connectivity index (χ4n) is 4.49. The third kappa shape index (κ3) is 2.32. The molecule has 2 aliphatic carbocycles. The molecule has 3 nitrogen and oxygen atoms in total. The molecule has 3 N–H and O–H groups in total. The van der Waals surface area contributed by atoms with Crippen molar-refractivity contribution < 1.29 is 15.3 Å². The van der Waals surface area contributed by atoms with Crippen LogP contribution < -0.4 is 0 Å². The third-order valence-corrected chi connectivity index (χ3v) is 5.94. The summed E-state index contributed by atoms with van der Waals surface area (Å²) in [7, 11) is 0. The fourth-order valence-corrected chi connectivity index (χ4v) is 4.49. The van der Waals surface area contributed by atoms with Crippen LogP contribution >= 0.6 is 0 Å². The van der Waals surface area contributed by atoms with Crippen LogP contribution in [0.5, 0.6) is 0 Å². The quantitative estimate of drug-likeness (QED) is 0.552. The Balaban J connectivity index is 2.43. The molecule has 0 saturated heterocycles. The fraction of sp³-hybridized carbons (Fsp3) is 0.722. The zero-order valence-corrected chi connectivity index (χ0v) is 13.3. The smallest absolute Gasteiger partial charge is 0.137 e. The van der Waals surface area contributed by atoms with Crippen molar-refractivity contribution in [3.8, 4) is 12.0 Å². The molecule has 0 amide bonds.